The summed E-state index contributed by atoms with van der Waals surface area (Å²) in [7, 11) is 2.16. The largest absolute Gasteiger partial charge is 0.334 e. The number of carbonyl (C=O) groups is 1. The maximum atomic E-state index is 12.5. The molecule has 0 aliphatic carbocycles. The van der Waals surface area contributed by atoms with Crippen molar-refractivity contribution in [2.24, 2.45) is 0 Å². The van der Waals surface area contributed by atoms with Gasteiger partial charge in [0.15, 0.2) is 0 Å². The molecule has 2 aromatic heterocycles. The summed E-state index contributed by atoms with van der Waals surface area (Å²) in [6.07, 6.45) is 5.17. The van der Waals surface area contributed by atoms with Gasteiger partial charge in [-0.15, -0.1) is 11.3 Å². The van der Waals surface area contributed by atoms with Gasteiger partial charge >= 0.3 is 6.03 Å². The van der Waals surface area contributed by atoms with E-state index in [1.54, 1.807) is 0 Å². The van der Waals surface area contributed by atoms with E-state index in [-0.39, 0.29) is 6.03 Å². The molecule has 2 amide bonds. The number of urea groups is 1. The first-order chi connectivity index (χ1) is 13.5. The van der Waals surface area contributed by atoms with Crippen molar-refractivity contribution in [3.63, 3.8) is 0 Å². The van der Waals surface area contributed by atoms with Crippen molar-refractivity contribution in [3.8, 4) is 5.00 Å². The third kappa shape index (κ3) is 3.84. The molecule has 0 fully saturated rings. The van der Waals surface area contributed by atoms with Crippen molar-refractivity contribution in [1.29, 1.82) is 0 Å². The van der Waals surface area contributed by atoms with Gasteiger partial charge in [0.05, 0.1) is 0 Å². The van der Waals surface area contributed by atoms with Crippen LogP contribution in [0.25, 0.3) is 5.00 Å². The second-order valence-corrected chi connectivity index (χ2v) is 8.58. The lowest BCUT2D eigenvalue weighted by molar-refractivity contribution is 0.251. The van der Waals surface area contributed by atoms with Crippen LogP contribution in [-0.2, 0) is 19.5 Å². The summed E-state index contributed by atoms with van der Waals surface area (Å²) in [4.78, 5) is 16.3. The highest BCUT2D eigenvalue weighted by Gasteiger charge is 2.23. The van der Waals surface area contributed by atoms with Gasteiger partial charge in [-0.25, -0.2) is 4.79 Å². The molecule has 5 nitrogen and oxygen atoms in total. The Morgan fingerprint density at radius 3 is 2.75 bits per heavy atom. The zero-order valence-corrected chi connectivity index (χ0v) is 17.4. The predicted molar refractivity (Wildman–Crippen MR) is 115 cm³/mol. The summed E-state index contributed by atoms with van der Waals surface area (Å²) in [6, 6.07) is 9.95. The van der Waals surface area contributed by atoms with Crippen LogP contribution in [0.15, 0.2) is 42.7 Å². The second-order valence-electron chi connectivity index (χ2n) is 7.49. The Morgan fingerprint density at radius 1 is 1.21 bits per heavy atom. The van der Waals surface area contributed by atoms with E-state index in [0.29, 0.717) is 6.54 Å². The first-order valence-corrected chi connectivity index (χ1v) is 10.4. The van der Waals surface area contributed by atoms with Crippen LogP contribution in [0.5, 0.6) is 0 Å². The molecule has 2 N–H and O–H groups in total. The quantitative estimate of drug-likeness (QED) is 0.686. The number of rotatable bonds is 4. The Kier molecular flexibility index (Phi) is 5.24. The number of hydrogen-bond donors (Lipinski definition) is 2. The fourth-order valence-corrected chi connectivity index (χ4v) is 5.14. The molecule has 1 aliphatic rings. The highest BCUT2D eigenvalue weighted by atomic mass is 32.1. The van der Waals surface area contributed by atoms with Gasteiger partial charge in [-0.05, 0) is 56.6 Å². The molecule has 0 unspecified atom stereocenters. The first-order valence-electron chi connectivity index (χ1n) is 9.58. The van der Waals surface area contributed by atoms with E-state index in [4.69, 9.17) is 0 Å². The Balaban J connectivity index is 1.53. The van der Waals surface area contributed by atoms with Gasteiger partial charge in [0.25, 0.3) is 0 Å². The minimum absolute atomic E-state index is 0.168. The molecule has 0 bridgehead atoms. The molecule has 146 valence electrons. The summed E-state index contributed by atoms with van der Waals surface area (Å²) >= 11 is 1.83. The van der Waals surface area contributed by atoms with Crippen LogP contribution < -0.4 is 10.6 Å². The zero-order chi connectivity index (χ0) is 19.7. The highest BCUT2D eigenvalue weighted by molar-refractivity contribution is 7.14. The summed E-state index contributed by atoms with van der Waals surface area (Å²) in [6.45, 7) is 6.62. The van der Waals surface area contributed by atoms with Gasteiger partial charge in [0.1, 0.15) is 5.00 Å². The molecular formula is C22H26N4OS. The molecule has 6 heteroatoms. The molecule has 1 aliphatic heterocycles. The minimum atomic E-state index is -0.168. The average molecular weight is 395 g/mol. The number of likely N-dealkylation sites (N-methyl/N-ethyl adjacent to an activating group) is 1. The van der Waals surface area contributed by atoms with Crippen LogP contribution in [-0.4, -0.2) is 29.1 Å². The van der Waals surface area contributed by atoms with Crippen molar-refractivity contribution in [2.75, 3.05) is 18.9 Å². The zero-order valence-electron chi connectivity index (χ0n) is 16.6. The van der Waals surface area contributed by atoms with Crippen molar-refractivity contribution in [2.45, 2.75) is 33.4 Å². The van der Waals surface area contributed by atoms with Gasteiger partial charge in [-0.3, -0.25) is 0 Å². The number of carbonyl (C=O) groups excluding carboxylic acids is 1. The molecule has 1 aromatic carbocycles. The van der Waals surface area contributed by atoms with Crippen LogP contribution in [0.3, 0.4) is 0 Å². The van der Waals surface area contributed by atoms with E-state index in [0.717, 1.165) is 30.8 Å². The highest BCUT2D eigenvalue weighted by Crippen LogP contribution is 2.35. The summed E-state index contributed by atoms with van der Waals surface area (Å²) < 4.78 is 2.15. The van der Waals surface area contributed by atoms with Crippen LogP contribution in [0, 0.1) is 13.8 Å². The number of anilines is 1. The maximum absolute atomic E-state index is 12.5. The van der Waals surface area contributed by atoms with E-state index in [1.807, 2.05) is 42.5 Å². The number of aryl methyl sites for hydroxylation is 2. The van der Waals surface area contributed by atoms with Gasteiger partial charge in [0.2, 0.25) is 0 Å². The number of thiophene rings is 1. The summed E-state index contributed by atoms with van der Waals surface area (Å²) in [5.41, 5.74) is 5.75. The normalized spacial score (nSPS) is 14.0. The molecule has 3 heterocycles. The lowest BCUT2D eigenvalue weighted by Gasteiger charge is -2.22. The molecule has 0 saturated carbocycles. The van der Waals surface area contributed by atoms with Gasteiger partial charge in [-0.2, -0.15) is 0 Å². The van der Waals surface area contributed by atoms with Crippen molar-refractivity contribution < 1.29 is 4.79 Å². The fraction of sp³-hybridized carbons (Fsp3) is 0.318. The van der Waals surface area contributed by atoms with E-state index >= 15 is 0 Å². The monoisotopic (exact) mass is 394 g/mol. The standard InChI is InChI=1S/C22H26N4OS/c1-15-6-7-19(16(2)12-15)24-22(27)23-13-18-17-8-11-25(3)14-20(17)28-21(18)26-9-4-5-10-26/h4-7,9-10,12H,8,11,13-14H2,1-3H3,(H2,23,24,27). The molecule has 3 aromatic rings. The van der Waals surface area contributed by atoms with Gasteiger partial charge in [0, 0.05) is 48.2 Å². The van der Waals surface area contributed by atoms with E-state index in [9.17, 15) is 4.79 Å². The number of fused-ring (bicyclic) bond motifs is 1. The third-order valence-electron chi connectivity index (χ3n) is 5.23. The molecule has 0 radical (unpaired) electrons. The second kappa shape index (κ2) is 7.81. The lowest BCUT2D eigenvalue weighted by atomic mass is 10.0. The van der Waals surface area contributed by atoms with Gasteiger partial charge in [-0.1, -0.05) is 17.7 Å². The summed E-state index contributed by atoms with van der Waals surface area (Å²) in [5, 5.41) is 7.25. The van der Waals surface area contributed by atoms with Crippen LogP contribution in [0.4, 0.5) is 10.5 Å². The fourth-order valence-electron chi connectivity index (χ4n) is 3.73. The smallest absolute Gasteiger partial charge is 0.319 e. The molecule has 0 spiro atoms. The summed E-state index contributed by atoms with van der Waals surface area (Å²) in [5.74, 6) is 0. The number of nitrogens with zero attached hydrogens (tertiary/aromatic N) is 2. The number of nitrogens with one attached hydrogen (secondary N) is 2. The molecule has 0 saturated heterocycles. The number of amides is 2. The number of hydrogen-bond acceptors (Lipinski definition) is 3. The molecular weight excluding hydrogens is 368 g/mol. The molecule has 28 heavy (non-hydrogen) atoms. The van der Waals surface area contributed by atoms with Crippen LogP contribution in [0.1, 0.15) is 27.1 Å². The van der Waals surface area contributed by atoms with Gasteiger partial charge < -0.3 is 20.1 Å². The predicted octanol–water partition coefficient (Wildman–Crippen LogP) is 4.47. The number of aromatic nitrogens is 1. The first kappa shape index (κ1) is 18.8. The Morgan fingerprint density at radius 2 is 2.00 bits per heavy atom. The van der Waals surface area contributed by atoms with E-state index in [1.165, 1.54) is 26.6 Å². The average Bonchev–Trinajstić information content (AvgIpc) is 3.29. The maximum Gasteiger partial charge on any atom is 0.319 e. The van der Waals surface area contributed by atoms with Crippen molar-refractivity contribution in [3.05, 3.63) is 69.9 Å². The van der Waals surface area contributed by atoms with E-state index in [2.05, 4.69) is 52.5 Å². The SMILES string of the molecule is Cc1ccc(NC(=O)NCc2c(-n3cccc3)sc3c2CCN(C)C3)c(C)c1. The topological polar surface area (TPSA) is 49.3 Å². The van der Waals surface area contributed by atoms with Crippen LogP contribution in [0.2, 0.25) is 0 Å². The Hall–Kier alpha value is -2.57. The minimum Gasteiger partial charge on any atom is -0.334 e. The Bertz CT molecular complexity index is 990. The van der Waals surface area contributed by atoms with Crippen molar-refractivity contribution >= 4 is 23.1 Å². The third-order valence-corrected chi connectivity index (χ3v) is 6.50. The van der Waals surface area contributed by atoms with Crippen LogP contribution >= 0.6 is 11.3 Å². The van der Waals surface area contributed by atoms with E-state index < -0.39 is 0 Å². The molecule has 4 rings (SSSR count). The van der Waals surface area contributed by atoms with Crippen molar-refractivity contribution in [1.82, 2.24) is 14.8 Å². The molecule has 0 atom stereocenters. The Labute approximate surface area is 170 Å². The lowest BCUT2D eigenvalue weighted by Crippen LogP contribution is -2.30. The number of benzene rings is 1.